The molecule has 8 nitrogen and oxygen atoms in total. The topological polar surface area (TPSA) is 150 Å². The molecule has 0 unspecified atom stereocenters. The van der Waals surface area contributed by atoms with E-state index in [4.69, 9.17) is 26.7 Å². The Morgan fingerprint density at radius 2 is 2.04 bits per heavy atom. The Labute approximate surface area is 164 Å². The molecule has 28 heavy (non-hydrogen) atoms. The number of nitrogens with two attached hydrogens (primary N) is 3. The van der Waals surface area contributed by atoms with E-state index in [-0.39, 0.29) is 18.3 Å². The highest BCUT2D eigenvalue weighted by Crippen LogP contribution is 2.32. The second kappa shape index (κ2) is 8.48. The maximum absolute atomic E-state index is 11.3. The zero-order valence-electron chi connectivity index (χ0n) is 16.2. The predicted molar refractivity (Wildman–Crippen MR) is 107 cm³/mol. The Morgan fingerprint density at radius 1 is 1.32 bits per heavy atom. The number of ether oxygens (including phenoxy) is 2. The molecule has 1 amide bonds. The molecule has 1 aromatic heterocycles. The van der Waals surface area contributed by atoms with Gasteiger partial charge in [0.25, 0.3) is 0 Å². The van der Waals surface area contributed by atoms with Gasteiger partial charge in [0.1, 0.15) is 29.8 Å². The van der Waals surface area contributed by atoms with Gasteiger partial charge in [-0.05, 0) is 43.0 Å². The standard InChI is InChI=1S/C20H25N5O3/c1-12(2)9-20(3,28-19(24)26)11-27-16-5-4-13(8-14(16)10-21)15-6-7-25-18(23)17(15)22/h4-8,12H,9,11,22H2,1-3H3,(H2,23,25)(H2,24,26)/t20-/m0/s1. The van der Waals surface area contributed by atoms with E-state index < -0.39 is 11.7 Å². The maximum Gasteiger partial charge on any atom is 0.405 e. The third kappa shape index (κ3) is 5.04. The number of nitrogens with zero attached hydrogens (tertiary/aromatic N) is 2. The largest absolute Gasteiger partial charge is 0.488 e. The van der Waals surface area contributed by atoms with Crippen molar-refractivity contribution in [3.05, 3.63) is 36.0 Å². The summed E-state index contributed by atoms with van der Waals surface area (Å²) in [7, 11) is 0. The first-order valence-corrected chi connectivity index (χ1v) is 8.81. The van der Waals surface area contributed by atoms with Crippen LogP contribution in [0.15, 0.2) is 30.5 Å². The van der Waals surface area contributed by atoms with Crippen LogP contribution in [0.1, 0.15) is 32.8 Å². The Kier molecular flexibility index (Phi) is 6.31. The van der Waals surface area contributed by atoms with E-state index in [1.807, 2.05) is 13.8 Å². The maximum atomic E-state index is 11.3. The van der Waals surface area contributed by atoms with E-state index in [1.165, 1.54) is 0 Å². The van der Waals surface area contributed by atoms with E-state index in [2.05, 4.69) is 11.1 Å². The summed E-state index contributed by atoms with van der Waals surface area (Å²) in [6, 6.07) is 8.94. The van der Waals surface area contributed by atoms with Crippen LogP contribution in [-0.4, -0.2) is 23.3 Å². The van der Waals surface area contributed by atoms with Gasteiger partial charge in [-0.2, -0.15) is 5.26 Å². The number of benzene rings is 1. The van der Waals surface area contributed by atoms with Crippen LogP contribution in [0.3, 0.4) is 0 Å². The first kappa shape index (κ1) is 20.8. The van der Waals surface area contributed by atoms with Crippen molar-refractivity contribution in [2.24, 2.45) is 11.7 Å². The molecule has 1 aromatic carbocycles. The Bertz CT molecular complexity index is 907. The van der Waals surface area contributed by atoms with Gasteiger partial charge in [-0.1, -0.05) is 19.9 Å². The van der Waals surface area contributed by atoms with Crippen molar-refractivity contribution in [2.75, 3.05) is 18.1 Å². The molecule has 148 valence electrons. The number of carbonyl (C=O) groups is 1. The summed E-state index contributed by atoms with van der Waals surface area (Å²) in [5, 5.41) is 9.53. The number of pyridine rings is 1. The van der Waals surface area contributed by atoms with E-state index in [9.17, 15) is 10.1 Å². The van der Waals surface area contributed by atoms with Crippen molar-refractivity contribution >= 4 is 17.6 Å². The SMILES string of the molecule is CC(C)C[C@@](C)(COc1ccc(-c2ccnc(N)c2N)cc1C#N)OC(N)=O. The van der Waals surface area contributed by atoms with Crippen molar-refractivity contribution in [1.82, 2.24) is 4.98 Å². The lowest BCUT2D eigenvalue weighted by atomic mass is 9.95. The number of nitriles is 1. The highest BCUT2D eigenvalue weighted by Gasteiger charge is 2.30. The van der Waals surface area contributed by atoms with Gasteiger partial charge in [-0.25, -0.2) is 9.78 Å². The highest BCUT2D eigenvalue weighted by molar-refractivity contribution is 5.83. The first-order chi connectivity index (χ1) is 13.1. The lowest BCUT2D eigenvalue weighted by Gasteiger charge is -2.30. The molecular formula is C20H25N5O3. The van der Waals surface area contributed by atoms with Crippen LogP contribution in [0.25, 0.3) is 11.1 Å². The molecule has 0 aliphatic carbocycles. The van der Waals surface area contributed by atoms with Crippen molar-refractivity contribution in [3.8, 4) is 22.9 Å². The summed E-state index contributed by atoms with van der Waals surface area (Å²) in [5.74, 6) is 0.852. The summed E-state index contributed by atoms with van der Waals surface area (Å²) in [6.45, 7) is 5.82. The monoisotopic (exact) mass is 383 g/mol. The Morgan fingerprint density at radius 3 is 2.64 bits per heavy atom. The molecule has 0 spiro atoms. The smallest absolute Gasteiger partial charge is 0.405 e. The number of carbonyl (C=O) groups excluding carboxylic acids is 1. The molecule has 0 fully saturated rings. The molecule has 0 aliphatic heterocycles. The van der Waals surface area contributed by atoms with Gasteiger partial charge < -0.3 is 26.7 Å². The third-order valence-electron chi connectivity index (χ3n) is 4.15. The van der Waals surface area contributed by atoms with Gasteiger partial charge in [-0.15, -0.1) is 0 Å². The fourth-order valence-corrected chi connectivity index (χ4v) is 3.12. The van der Waals surface area contributed by atoms with Gasteiger partial charge in [0, 0.05) is 11.8 Å². The van der Waals surface area contributed by atoms with Crippen molar-refractivity contribution < 1.29 is 14.3 Å². The second-order valence-corrected chi connectivity index (χ2v) is 7.24. The fourth-order valence-electron chi connectivity index (χ4n) is 3.12. The minimum Gasteiger partial charge on any atom is -0.488 e. The third-order valence-corrected chi connectivity index (χ3v) is 4.15. The number of hydrogen-bond acceptors (Lipinski definition) is 7. The van der Waals surface area contributed by atoms with Crippen LogP contribution in [0, 0.1) is 17.2 Å². The summed E-state index contributed by atoms with van der Waals surface area (Å²) in [6.07, 6.45) is 1.24. The fraction of sp³-hybridized carbons (Fsp3) is 0.350. The molecule has 0 aliphatic rings. The van der Waals surface area contributed by atoms with Crippen LogP contribution in [0.2, 0.25) is 0 Å². The van der Waals surface area contributed by atoms with Crippen molar-refractivity contribution in [1.29, 1.82) is 5.26 Å². The average Bonchev–Trinajstić information content (AvgIpc) is 2.61. The number of anilines is 2. The lowest BCUT2D eigenvalue weighted by molar-refractivity contribution is -0.0186. The van der Waals surface area contributed by atoms with E-state index in [0.717, 1.165) is 0 Å². The number of aromatic nitrogens is 1. The lowest BCUT2D eigenvalue weighted by Crippen LogP contribution is -2.41. The zero-order valence-corrected chi connectivity index (χ0v) is 16.2. The Balaban J connectivity index is 2.28. The highest BCUT2D eigenvalue weighted by atomic mass is 16.6. The molecule has 1 atom stereocenters. The molecule has 0 saturated carbocycles. The zero-order chi connectivity index (χ0) is 20.9. The molecule has 1 heterocycles. The molecule has 0 saturated heterocycles. The predicted octanol–water partition coefficient (Wildman–Crippen LogP) is 3.06. The number of nitrogen functional groups attached to an aromatic ring is 2. The number of amides is 1. The van der Waals surface area contributed by atoms with Crippen LogP contribution in [0.5, 0.6) is 5.75 Å². The average molecular weight is 383 g/mol. The number of rotatable bonds is 7. The van der Waals surface area contributed by atoms with Crippen molar-refractivity contribution in [3.63, 3.8) is 0 Å². The van der Waals surface area contributed by atoms with Crippen LogP contribution in [0.4, 0.5) is 16.3 Å². The number of primary amides is 1. The summed E-state index contributed by atoms with van der Waals surface area (Å²) in [5.41, 5.74) is 18.1. The molecular weight excluding hydrogens is 358 g/mol. The van der Waals surface area contributed by atoms with E-state index >= 15 is 0 Å². The van der Waals surface area contributed by atoms with Crippen molar-refractivity contribution in [2.45, 2.75) is 32.8 Å². The minimum atomic E-state index is -0.907. The van der Waals surface area contributed by atoms with Gasteiger partial charge in [0.15, 0.2) is 0 Å². The molecule has 6 N–H and O–H groups in total. The van der Waals surface area contributed by atoms with E-state index in [0.29, 0.717) is 34.5 Å². The van der Waals surface area contributed by atoms with Gasteiger partial charge in [0.05, 0.1) is 11.3 Å². The number of hydrogen-bond donors (Lipinski definition) is 3. The summed E-state index contributed by atoms with van der Waals surface area (Å²) in [4.78, 5) is 15.2. The van der Waals surface area contributed by atoms with Crippen LogP contribution < -0.4 is 21.9 Å². The molecule has 0 bridgehead atoms. The van der Waals surface area contributed by atoms with Gasteiger partial charge >= 0.3 is 6.09 Å². The molecule has 0 radical (unpaired) electrons. The van der Waals surface area contributed by atoms with E-state index in [1.54, 1.807) is 37.4 Å². The molecule has 2 rings (SSSR count). The molecule has 2 aromatic rings. The molecule has 8 heteroatoms. The minimum absolute atomic E-state index is 0.0620. The van der Waals surface area contributed by atoms with Gasteiger partial charge in [0.2, 0.25) is 0 Å². The summed E-state index contributed by atoms with van der Waals surface area (Å²) < 4.78 is 11.1. The normalized spacial score (nSPS) is 12.8. The first-order valence-electron chi connectivity index (χ1n) is 8.81. The Hall–Kier alpha value is -3.47. The van der Waals surface area contributed by atoms with Crippen LogP contribution >= 0.6 is 0 Å². The van der Waals surface area contributed by atoms with Crippen LogP contribution in [-0.2, 0) is 4.74 Å². The second-order valence-electron chi connectivity index (χ2n) is 7.24. The quantitative estimate of drug-likeness (QED) is 0.664. The van der Waals surface area contributed by atoms with Gasteiger partial charge in [-0.3, -0.25) is 0 Å². The summed E-state index contributed by atoms with van der Waals surface area (Å²) >= 11 is 0.